The highest BCUT2D eigenvalue weighted by Gasteiger charge is 2.22. The fraction of sp³-hybridized carbons (Fsp3) is 0.188. The number of rotatable bonds is 5. The van der Waals surface area contributed by atoms with Gasteiger partial charge in [-0.1, -0.05) is 12.1 Å². The van der Waals surface area contributed by atoms with Gasteiger partial charge in [0.15, 0.2) is 0 Å². The first kappa shape index (κ1) is 16.4. The lowest BCUT2D eigenvalue weighted by Crippen LogP contribution is -2.08. The van der Waals surface area contributed by atoms with Crippen LogP contribution in [-0.4, -0.2) is 25.1 Å². The van der Waals surface area contributed by atoms with Crippen LogP contribution >= 0.6 is 0 Å². The van der Waals surface area contributed by atoms with E-state index in [0.29, 0.717) is 5.75 Å². The van der Waals surface area contributed by atoms with Gasteiger partial charge in [-0.25, -0.2) is 9.18 Å². The maximum absolute atomic E-state index is 14.4. The lowest BCUT2D eigenvalue weighted by Gasteiger charge is -2.08. The van der Waals surface area contributed by atoms with Crippen LogP contribution in [-0.2, 0) is 11.2 Å². The Bertz CT molecular complexity index is 743. The number of nitro groups is 1. The van der Waals surface area contributed by atoms with Crippen molar-refractivity contribution in [1.82, 2.24) is 0 Å². The van der Waals surface area contributed by atoms with E-state index >= 15 is 0 Å². The maximum atomic E-state index is 14.4. The summed E-state index contributed by atoms with van der Waals surface area (Å²) < 4.78 is 23.9. The van der Waals surface area contributed by atoms with Crippen LogP contribution in [0.1, 0.15) is 21.5 Å². The van der Waals surface area contributed by atoms with Crippen LogP contribution in [0.4, 0.5) is 10.1 Å². The number of carbonyl (C=O) groups excluding carboxylic acids is 1. The Morgan fingerprint density at radius 1 is 1.22 bits per heavy atom. The third kappa shape index (κ3) is 3.63. The SMILES string of the molecule is COC(=O)c1cc([N+](=O)[O-])cc(Cc2ccc(OC)cc2)c1F. The largest absolute Gasteiger partial charge is 0.497 e. The molecule has 0 amide bonds. The summed E-state index contributed by atoms with van der Waals surface area (Å²) in [5.74, 6) is -1.14. The minimum atomic E-state index is -0.956. The van der Waals surface area contributed by atoms with Crippen molar-refractivity contribution in [3.05, 3.63) is 69.0 Å². The molecular formula is C16H14FNO5. The Morgan fingerprint density at radius 3 is 2.39 bits per heavy atom. The first-order valence-electron chi connectivity index (χ1n) is 6.64. The molecule has 0 aromatic heterocycles. The highest BCUT2D eigenvalue weighted by molar-refractivity contribution is 5.90. The van der Waals surface area contributed by atoms with Crippen molar-refractivity contribution < 1.29 is 23.6 Å². The van der Waals surface area contributed by atoms with Gasteiger partial charge in [0.05, 0.1) is 19.1 Å². The van der Waals surface area contributed by atoms with Gasteiger partial charge in [0.2, 0.25) is 0 Å². The summed E-state index contributed by atoms with van der Waals surface area (Å²) in [6.45, 7) is 0. The van der Waals surface area contributed by atoms with E-state index in [0.717, 1.165) is 24.8 Å². The molecule has 23 heavy (non-hydrogen) atoms. The molecule has 0 bridgehead atoms. The monoisotopic (exact) mass is 319 g/mol. The Balaban J connectivity index is 2.45. The number of hydrogen-bond donors (Lipinski definition) is 0. The number of methoxy groups -OCH3 is 2. The fourth-order valence-corrected chi connectivity index (χ4v) is 2.12. The maximum Gasteiger partial charge on any atom is 0.341 e. The summed E-state index contributed by atoms with van der Waals surface area (Å²) in [4.78, 5) is 21.9. The summed E-state index contributed by atoms with van der Waals surface area (Å²) in [6.07, 6.45) is 0.0987. The van der Waals surface area contributed by atoms with Crippen molar-refractivity contribution in [1.29, 1.82) is 0 Å². The molecule has 0 aliphatic rings. The highest BCUT2D eigenvalue weighted by atomic mass is 19.1. The molecule has 6 nitrogen and oxygen atoms in total. The number of nitro benzene ring substituents is 1. The molecule has 0 aliphatic heterocycles. The highest BCUT2D eigenvalue weighted by Crippen LogP contribution is 2.25. The van der Waals surface area contributed by atoms with Crippen LogP contribution in [0.3, 0.4) is 0 Å². The van der Waals surface area contributed by atoms with Crippen molar-refractivity contribution in [2.75, 3.05) is 14.2 Å². The Morgan fingerprint density at radius 2 is 1.87 bits per heavy atom. The second-order valence-corrected chi connectivity index (χ2v) is 4.74. The predicted molar refractivity (Wildman–Crippen MR) is 80.2 cm³/mol. The van der Waals surface area contributed by atoms with E-state index in [4.69, 9.17) is 4.74 Å². The summed E-state index contributed by atoms with van der Waals surface area (Å²) in [5, 5.41) is 11.0. The van der Waals surface area contributed by atoms with Gasteiger partial charge in [-0.05, 0) is 23.3 Å². The number of halogens is 1. The quantitative estimate of drug-likeness (QED) is 0.480. The molecule has 2 aromatic carbocycles. The zero-order chi connectivity index (χ0) is 17.0. The fourth-order valence-electron chi connectivity index (χ4n) is 2.12. The minimum Gasteiger partial charge on any atom is -0.497 e. The molecule has 0 atom stereocenters. The topological polar surface area (TPSA) is 78.7 Å². The van der Waals surface area contributed by atoms with Crippen molar-refractivity contribution in [3.63, 3.8) is 0 Å². The van der Waals surface area contributed by atoms with Gasteiger partial charge in [-0.2, -0.15) is 0 Å². The lowest BCUT2D eigenvalue weighted by atomic mass is 10.0. The van der Waals surface area contributed by atoms with Gasteiger partial charge in [0, 0.05) is 18.6 Å². The Hall–Kier alpha value is -2.96. The molecule has 0 N–H and O–H groups in total. The molecule has 120 valence electrons. The van der Waals surface area contributed by atoms with Crippen molar-refractivity contribution >= 4 is 11.7 Å². The molecule has 2 rings (SSSR count). The Kier molecular flexibility index (Phi) is 4.90. The summed E-state index contributed by atoms with van der Waals surface area (Å²) in [5.41, 5.74) is -0.0497. The normalized spacial score (nSPS) is 10.2. The average Bonchev–Trinajstić information content (AvgIpc) is 2.56. The molecule has 0 radical (unpaired) electrons. The predicted octanol–water partition coefficient (Wildman–Crippen LogP) is 3.12. The van der Waals surface area contributed by atoms with Crippen LogP contribution in [0.2, 0.25) is 0 Å². The lowest BCUT2D eigenvalue weighted by molar-refractivity contribution is -0.385. The van der Waals surface area contributed by atoms with E-state index in [9.17, 15) is 19.3 Å². The zero-order valence-corrected chi connectivity index (χ0v) is 12.5. The van der Waals surface area contributed by atoms with E-state index in [1.165, 1.54) is 7.11 Å². The average molecular weight is 319 g/mol. The first-order chi connectivity index (χ1) is 11.0. The smallest absolute Gasteiger partial charge is 0.341 e. The van der Waals surface area contributed by atoms with E-state index < -0.39 is 22.3 Å². The van der Waals surface area contributed by atoms with Gasteiger partial charge in [-0.3, -0.25) is 10.1 Å². The molecule has 2 aromatic rings. The Labute approximate surface area is 131 Å². The first-order valence-corrected chi connectivity index (χ1v) is 6.64. The standard InChI is InChI=1S/C16H14FNO5/c1-22-13-5-3-10(4-6-13)7-11-8-12(18(20)21)9-14(15(11)17)16(19)23-2/h3-6,8-9H,7H2,1-2H3. The number of esters is 1. The minimum absolute atomic E-state index is 0.0461. The van der Waals surface area contributed by atoms with Crippen molar-refractivity contribution in [3.8, 4) is 5.75 Å². The molecule has 0 saturated carbocycles. The number of nitrogens with zero attached hydrogens (tertiary/aromatic N) is 1. The second-order valence-electron chi connectivity index (χ2n) is 4.74. The van der Waals surface area contributed by atoms with Crippen molar-refractivity contribution in [2.45, 2.75) is 6.42 Å². The molecular weight excluding hydrogens is 305 g/mol. The summed E-state index contributed by atoms with van der Waals surface area (Å²) in [6, 6.07) is 8.83. The van der Waals surface area contributed by atoms with Crippen molar-refractivity contribution in [2.24, 2.45) is 0 Å². The van der Waals surface area contributed by atoms with E-state index in [1.807, 2.05) is 0 Å². The van der Waals surface area contributed by atoms with Crippen LogP contribution in [0, 0.1) is 15.9 Å². The van der Waals surface area contributed by atoms with Gasteiger partial charge in [0.25, 0.3) is 5.69 Å². The molecule has 0 unspecified atom stereocenters. The van der Waals surface area contributed by atoms with E-state index in [1.54, 1.807) is 24.3 Å². The molecule has 0 aliphatic carbocycles. The number of non-ortho nitro benzene ring substituents is 1. The number of benzene rings is 2. The van der Waals surface area contributed by atoms with Crippen LogP contribution in [0.5, 0.6) is 5.75 Å². The number of hydrogen-bond acceptors (Lipinski definition) is 5. The molecule has 0 spiro atoms. The molecule has 7 heteroatoms. The van der Waals surface area contributed by atoms with Gasteiger partial charge < -0.3 is 9.47 Å². The van der Waals surface area contributed by atoms with Crippen LogP contribution in [0.15, 0.2) is 36.4 Å². The molecule has 0 fully saturated rings. The summed E-state index contributed by atoms with van der Waals surface area (Å²) in [7, 11) is 2.61. The van der Waals surface area contributed by atoms with Gasteiger partial charge >= 0.3 is 5.97 Å². The van der Waals surface area contributed by atoms with E-state index in [-0.39, 0.29) is 17.7 Å². The number of ether oxygens (including phenoxy) is 2. The van der Waals surface area contributed by atoms with Gasteiger partial charge in [-0.15, -0.1) is 0 Å². The number of carbonyl (C=O) groups is 1. The molecule has 0 heterocycles. The van der Waals surface area contributed by atoms with E-state index in [2.05, 4.69) is 4.74 Å². The van der Waals surface area contributed by atoms with Crippen LogP contribution < -0.4 is 4.74 Å². The second kappa shape index (κ2) is 6.87. The van der Waals surface area contributed by atoms with Gasteiger partial charge in [0.1, 0.15) is 17.1 Å². The zero-order valence-electron chi connectivity index (χ0n) is 12.5. The molecule has 0 saturated heterocycles. The van der Waals surface area contributed by atoms with Crippen LogP contribution in [0.25, 0.3) is 0 Å². The summed E-state index contributed by atoms with van der Waals surface area (Å²) >= 11 is 0. The third-order valence-electron chi connectivity index (χ3n) is 3.30. The third-order valence-corrected chi connectivity index (χ3v) is 3.30.